The van der Waals surface area contributed by atoms with Crippen molar-refractivity contribution < 1.29 is 4.74 Å². The molecule has 0 fully saturated rings. The number of para-hydroxylation sites is 1. The van der Waals surface area contributed by atoms with Gasteiger partial charge < -0.3 is 10.1 Å². The summed E-state index contributed by atoms with van der Waals surface area (Å²) in [5.41, 5.74) is 1.21. The Balaban J connectivity index is 2.97. The first-order chi connectivity index (χ1) is 8.82. The molecule has 1 N–H and O–H groups in total. The van der Waals surface area contributed by atoms with Crippen molar-refractivity contribution in [1.82, 2.24) is 5.32 Å². The minimum Gasteiger partial charge on any atom is -0.486 e. The summed E-state index contributed by atoms with van der Waals surface area (Å²) >= 11 is 0. The molecule has 108 valence electrons. The molecule has 0 saturated heterocycles. The lowest BCUT2D eigenvalue weighted by Gasteiger charge is -2.33. The molecule has 0 radical (unpaired) electrons. The predicted octanol–water partition coefficient (Wildman–Crippen LogP) is 4.14. The average Bonchev–Trinajstić information content (AvgIpc) is 2.36. The fourth-order valence-corrected chi connectivity index (χ4v) is 2.06. The number of hydrogen-bond donors (Lipinski definition) is 1. The first-order valence-electron chi connectivity index (χ1n) is 7.31. The van der Waals surface area contributed by atoms with Gasteiger partial charge in [0.2, 0.25) is 0 Å². The van der Waals surface area contributed by atoms with Crippen molar-refractivity contribution in [2.45, 2.75) is 59.0 Å². The van der Waals surface area contributed by atoms with Crippen molar-refractivity contribution in [1.29, 1.82) is 0 Å². The molecule has 0 aliphatic heterocycles. The van der Waals surface area contributed by atoms with Crippen LogP contribution in [-0.4, -0.2) is 18.7 Å². The van der Waals surface area contributed by atoms with Crippen LogP contribution in [0.4, 0.5) is 0 Å². The van der Waals surface area contributed by atoms with E-state index in [4.69, 9.17) is 4.74 Å². The third-order valence-electron chi connectivity index (χ3n) is 3.55. The molecule has 0 aliphatic carbocycles. The van der Waals surface area contributed by atoms with Crippen LogP contribution in [0.15, 0.2) is 24.3 Å². The third kappa shape index (κ3) is 4.54. The van der Waals surface area contributed by atoms with Gasteiger partial charge in [0.05, 0.1) is 0 Å². The van der Waals surface area contributed by atoms with Gasteiger partial charge in [-0.15, -0.1) is 0 Å². The lowest BCUT2D eigenvalue weighted by molar-refractivity contribution is 0.0818. The molecule has 1 aromatic carbocycles. The van der Waals surface area contributed by atoms with Gasteiger partial charge in [0.25, 0.3) is 0 Å². The second-order valence-corrected chi connectivity index (χ2v) is 6.43. The highest BCUT2D eigenvalue weighted by Crippen LogP contribution is 2.33. The van der Waals surface area contributed by atoms with Gasteiger partial charge in [-0.05, 0) is 36.9 Å². The van der Waals surface area contributed by atoms with E-state index < -0.39 is 0 Å². The van der Waals surface area contributed by atoms with Crippen molar-refractivity contribution >= 4 is 0 Å². The number of benzene rings is 1. The molecular weight excluding hydrogens is 234 g/mol. The van der Waals surface area contributed by atoms with Crippen LogP contribution in [0.5, 0.6) is 5.75 Å². The van der Waals surface area contributed by atoms with Crippen molar-refractivity contribution in [3.63, 3.8) is 0 Å². The molecule has 0 heterocycles. The van der Waals surface area contributed by atoms with E-state index in [1.165, 1.54) is 5.56 Å². The maximum absolute atomic E-state index is 6.35. The minimum absolute atomic E-state index is 0.101. The summed E-state index contributed by atoms with van der Waals surface area (Å²) in [6, 6.07) is 8.38. The Bertz CT molecular complexity index is 394. The smallest absolute Gasteiger partial charge is 0.123 e. The highest BCUT2D eigenvalue weighted by Gasteiger charge is 2.27. The van der Waals surface area contributed by atoms with Gasteiger partial charge in [0.1, 0.15) is 11.4 Å². The van der Waals surface area contributed by atoms with Gasteiger partial charge in [0.15, 0.2) is 0 Å². The van der Waals surface area contributed by atoms with E-state index in [1.54, 1.807) is 0 Å². The maximum Gasteiger partial charge on any atom is 0.123 e. The lowest BCUT2D eigenvalue weighted by Crippen LogP contribution is -2.43. The highest BCUT2D eigenvalue weighted by molar-refractivity contribution is 5.38. The Morgan fingerprint density at radius 2 is 1.68 bits per heavy atom. The molecule has 0 saturated carbocycles. The highest BCUT2D eigenvalue weighted by atomic mass is 16.5. The summed E-state index contributed by atoms with van der Waals surface area (Å²) < 4.78 is 6.35. The van der Waals surface area contributed by atoms with Crippen LogP contribution in [0.25, 0.3) is 0 Å². The molecule has 0 amide bonds. The number of rotatable bonds is 6. The van der Waals surface area contributed by atoms with E-state index in [9.17, 15) is 0 Å². The van der Waals surface area contributed by atoms with Gasteiger partial charge in [-0.3, -0.25) is 0 Å². The zero-order valence-electron chi connectivity index (χ0n) is 13.3. The molecule has 1 aromatic rings. The summed E-state index contributed by atoms with van der Waals surface area (Å²) in [5, 5.41) is 3.39. The molecule has 2 nitrogen and oxygen atoms in total. The monoisotopic (exact) mass is 263 g/mol. The Labute approximate surface area is 118 Å². The zero-order chi connectivity index (χ0) is 14.5. The first kappa shape index (κ1) is 16.0. The molecule has 0 aliphatic rings. The summed E-state index contributed by atoms with van der Waals surface area (Å²) in [4.78, 5) is 0. The lowest BCUT2D eigenvalue weighted by atomic mass is 9.86. The topological polar surface area (TPSA) is 21.3 Å². The SMILES string of the molecule is CCNCC(C)(CC)Oc1ccccc1C(C)(C)C. The number of hydrogen-bond acceptors (Lipinski definition) is 2. The summed E-state index contributed by atoms with van der Waals surface area (Å²) in [6.45, 7) is 15.0. The molecule has 19 heavy (non-hydrogen) atoms. The summed E-state index contributed by atoms with van der Waals surface area (Å²) in [5.74, 6) is 1.01. The molecule has 0 spiro atoms. The van der Waals surface area contributed by atoms with Gasteiger partial charge in [-0.1, -0.05) is 52.8 Å². The Hall–Kier alpha value is -1.02. The largest absolute Gasteiger partial charge is 0.486 e. The van der Waals surface area contributed by atoms with Crippen LogP contribution in [0.3, 0.4) is 0 Å². The van der Waals surface area contributed by atoms with Crippen molar-refractivity contribution in [3.05, 3.63) is 29.8 Å². The van der Waals surface area contributed by atoms with Gasteiger partial charge in [0, 0.05) is 6.54 Å². The first-order valence-corrected chi connectivity index (χ1v) is 7.31. The van der Waals surface area contributed by atoms with Gasteiger partial charge in [-0.2, -0.15) is 0 Å². The molecule has 0 bridgehead atoms. The molecule has 2 heteroatoms. The number of ether oxygens (including phenoxy) is 1. The van der Waals surface area contributed by atoms with Crippen LogP contribution >= 0.6 is 0 Å². The molecule has 1 rings (SSSR count). The Morgan fingerprint density at radius 1 is 1.05 bits per heavy atom. The zero-order valence-corrected chi connectivity index (χ0v) is 13.3. The average molecular weight is 263 g/mol. The molecule has 1 unspecified atom stereocenters. The van der Waals surface area contributed by atoms with Crippen molar-refractivity contribution in [3.8, 4) is 5.75 Å². The van der Waals surface area contributed by atoms with Crippen LogP contribution in [-0.2, 0) is 5.41 Å². The van der Waals surface area contributed by atoms with Crippen molar-refractivity contribution in [2.75, 3.05) is 13.1 Å². The quantitative estimate of drug-likeness (QED) is 0.833. The molecule has 0 aromatic heterocycles. The number of likely N-dealkylation sites (N-methyl/N-ethyl adjacent to an activating group) is 1. The van der Waals surface area contributed by atoms with Crippen LogP contribution < -0.4 is 10.1 Å². The van der Waals surface area contributed by atoms with Crippen molar-refractivity contribution in [2.24, 2.45) is 0 Å². The van der Waals surface area contributed by atoms with E-state index >= 15 is 0 Å². The van der Waals surface area contributed by atoms with E-state index in [2.05, 4.69) is 65.1 Å². The summed E-state index contributed by atoms with van der Waals surface area (Å²) in [6.07, 6.45) is 0.985. The Kier molecular flexibility index (Phi) is 5.42. The van der Waals surface area contributed by atoms with E-state index in [0.717, 1.165) is 25.3 Å². The minimum atomic E-state index is -0.155. The normalized spacial score (nSPS) is 15.1. The standard InChI is InChI=1S/C17H29NO/c1-7-17(6,13-18-8-2)19-15-12-10-9-11-14(15)16(3,4)5/h9-12,18H,7-8,13H2,1-6H3. The van der Waals surface area contributed by atoms with Crippen LogP contribution in [0.1, 0.15) is 53.5 Å². The second kappa shape index (κ2) is 6.42. The van der Waals surface area contributed by atoms with Crippen LogP contribution in [0.2, 0.25) is 0 Å². The van der Waals surface area contributed by atoms with Crippen LogP contribution in [0, 0.1) is 0 Å². The fourth-order valence-electron chi connectivity index (χ4n) is 2.06. The Morgan fingerprint density at radius 3 is 2.21 bits per heavy atom. The molecule has 1 atom stereocenters. The molecular formula is C17H29NO. The van der Waals surface area contributed by atoms with E-state index in [1.807, 2.05) is 6.07 Å². The maximum atomic E-state index is 6.35. The summed E-state index contributed by atoms with van der Waals surface area (Å²) in [7, 11) is 0. The van der Waals surface area contributed by atoms with Gasteiger partial charge >= 0.3 is 0 Å². The van der Waals surface area contributed by atoms with E-state index in [-0.39, 0.29) is 11.0 Å². The fraction of sp³-hybridized carbons (Fsp3) is 0.647. The number of nitrogens with one attached hydrogen (secondary N) is 1. The van der Waals surface area contributed by atoms with Gasteiger partial charge in [-0.25, -0.2) is 0 Å². The predicted molar refractivity (Wildman–Crippen MR) is 83.0 cm³/mol. The van der Waals surface area contributed by atoms with E-state index in [0.29, 0.717) is 0 Å². The third-order valence-corrected chi connectivity index (χ3v) is 3.55. The second-order valence-electron chi connectivity index (χ2n) is 6.43.